The van der Waals surface area contributed by atoms with E-state index in [0.29, 0.717) is 43.5 Å². The molecule has 1 unspecified atom stereocenters. The zero-order chi connectivity index (χ0) is 21.6. The minimum Gasteiger partial charge on any atom is -0.352 e. The van der Waals surface area contributed by atoms with E-state index < -0.39 is 0 Å². The summed E-state index contributed by atoms with van der Waals surface area (Å²) in [6, 6.07) is 11.2. The first-order chi connectivity index (χ1) is 15.1. The van der Waals surface area contributed by atoms with Crippen LogP contribution in [0.2, 0.25) is 0 Å². The second-order valence-electron chi connectivity index (χ2n) is 7.52. The molecule has 0 spiro atoms. The zero-order valence-electron chi connectivity index (χ0n) is 17.5. The monoisotopic (exact) mass is 422 g/mol. The lowest BCUT2D eigenvalue weighted by Gasteiger charge is -2.21. The molecule has 4 rings (SSSR count). The number of rotatable bonds is 8. The van der Waals surface area contributed by atoms with Crippen LogP contribution in [-0.4, -0.2) is 43.2 Å². The first kappa shape index (κ1) is 20.8. The minimum absolute atomic E-state index is 0.0761. The van der Waals surface area contributed by atoms with E-state index in [1.165, 1.54) is 0 Å². The van der Waals surface area contributed by atoms with Crippen molar-refractivity contribution < 1.29 is 14.1 Å². The third-order valence-corrected chi connectivity index (χ3v) is 5.38. The fourth-order valence-corrected chi connectivity index (χ4v) is 3.69. The predicted octanol–water partition coefficient (Wildman–Crippen LogP) is 2.51. The summed E-state index contributed by atoms with van der Waals surface area (Å²) in [5.74, 6) is 0.689. The molecule has 0 aliphatic carbocycles. The van der Waals surface area contributed by atoms with Crippen LogP contribution in [0.5, 0.6) is 0 Å². The van der Waals surface area contributed by atoms with Crippen molar-refractivity contribution in [1.29, 1.82) is 0 Å². The summed E-state index contributed by atoms with van der Waals surface area (Å²) in [7, 11) is 0. The second kappa shape index (κ2) is 9.55. The molecule has 1 fully saturated rings. The molecule has 0 radical (unpaired) electrons. The Bertz CT molecular complexity index is 1030. The molecule has 0 saturated carbocycles. The summed E-state index contributed by atoms with van der Waals surface area (Å²) in [5, 5.41) is 11.3. The first-order valence-electron chi connectivity index (χ1n) is 10.6. The van der Waals surface area contributed by atoms with Crippen LogP contribution < -0.4 is 5.32 Å². The lowest BCUT2D eigenvalue weighted by atomic mass is 10.2. The maximum Gasteiger partial charge on any atom is 0.274 e. The van der Waals surface area contributed by atoms with Crippen LogP contribution in [0.4, 0.5) is 0 Å². The van der Waals surface area contributed by atoms with E-state index in [1.54, 1.807) is 21.8 Å². The van der Waals surface area contributed by atoms with Gasteiger partial charge in [0.25, 0.3) is 5.91 Å². The van der Waals surface area contributed by atoms with Gasteiger partial charge in [0.1, 0.15) is 5.69 Å². The summed E-state index contributed by atoms with van der Waals surface area (Å²) in [5.41, 5.74) is 1.47. The van der Waals surface area contributed by atoms with Gasteiger partial charge >= 0.3 is 0 Å². The molecular formula is C22H26N6O3. The molecule has 162 valence electrons. The van der Waals surface area contributed by atoms with E-state index in [-0.39, 0.29) is 24.3 Å². The van der Waals surface area contributed by atoms with Gasteiger partial charge < -0.3 is 14.7 Å². The Morgan fingerprint density at radius 3 is 2.84 bits per heavy atom. The molecule has 3 aromatic rings. The van der Waals surface area contributed by atoms with Gasteiger partial charge in [0.15, 0.2) is 5.82 Å². The van der Waals surface area contributed by atoms with Crippen LogP contribution >= 0.6 is 0 Å². The molecule has 9 heteroatoms. The second-order valence-corrected chi connectivity index (χ2v) is 7.52. The number of carbonyl (C=O) groups is 2. The maximum atomic E-state index is 12.9. The number of benzene rings is 1. The van der Waals surface area contributed by atoms with Gasteiger partial charge in [-0.3, -0.25) is 14.3 Å². The van der Waals surface area contributed by atoms with Gasteiger partial charge in [-0.05, 0) is 31.4 Å². The molecule has 1 aliphatic heterocycles. The van der Waals surface area contributed by atoms with Gasteiger partial charge in [0, 0.05) is 38.7 Å². The van der Waals surface area contributed by atoms with Gasteiger partial charge in [-0.15, -0.1) is 0 Å². The van der Waals surface area contributed by atoms with Gasteiger partial charge in [-0.25, -0.2) is 0 Å². The van der Waals surface area contributed by atoms with E-state index in [0.717, 1.165) is 18.4 Å². The van der Waals surface area contributed by atoms with Crippen molar-refractivity contribution in [1.82, 2.24) is 30.1 Å². The quantitative estimate of drug-likeness (QED) is 0.598. The highest BCUT2D eigenvalue weighted by molar-refractivity contribution is 5.92. The largest absolute Gasteiger partial charge is 0.352 e. The maximum absolute atomic E-state index is 12.9. The topological polar surface area (TPSA) is 106 Å². The van der Waals surface area contributed by atoms with Gasteiger partial charge in [0.2, 0.25) is 11.8 Å². The lowest BCUT2D eigenvalue weighted by Crippen LogP contribution is -2.31. The summed E-state index contributed by atoms with van der Waals surface area (Å²) in [6.45, 7) is 3.81. The van der Waals surface area contributed by atoms with Crippen molar-refractivity contribution in [2.75, 3.05) is 6.54 Å². The number of amides is 2. The Balaban J connectivity index is 1.32. The highest BCUT2D eigenvalue weighted by atomic mass is 16.5. The number of likely N-dealkylation sites (tertiary alicyclic amines) is 1. The Kier molecular flexibility index (Phi) is 6.40. The fraction of sp³-hybridized carbons (Fsp3) is 0.409. The van der Waals surface area contributed by atoms with E-state index in [4.69, 9.17) is 4.52 Å². The molecule has 2 amide bonds. The smallest absolute Gasteiger partial charge is 0.274 e. The highest BCUT2D eigenvalue weighted by Gasteiger charge is 2.34. The fourth-order valence-electron chi connectivity index (χ4n) is 3.69. The van der Waals surface area contributed by atoms with Crippen LogP contribution in [0.3, 0.4) is 0 Å². The molecule has 3 heterocycles. The number of carbonyl (C=O) groups excluding carboxylic acids is 2. The molecule has 9 nitrogen and oxygen atoms in total. The van der Waals surface area contributed by atoms with Crippen molar-refractivity contribution >= 4 is 11.8 Å². The van der Waals surface area contributed by atoms with Crippen molar-refractivity contribution in [3.8, 4) is 0 Å². The number of aromatic nitrogens is 4. The number of nitrogens with one attached hydrogen (secondary N) is 1. The van der Waals surface area contributed by atoms with Crippen LogP contribution in [0.1, 0.15) is 60.0 Å². The van der Waals surface area contributed by atoms with E-state index in [9.17, 15) is 9.59 Å². The lowest BCUT2D eigenvalue weighted by molar-refractivity contribution is -0.121. The molecular weight excluding hydrogens is 396 g/mol. The van der Waals surface area contributed by atoms with E-state index in [1.807, 2.05) is 37.3 Å². The van der Waals surface area contributed by atoms with Crippen LogP contribution in [-0.2, 0) is 24.3 Å². The van der Waals surface area contributed by atoms with Crippen molar-refractivity contribution in [3.05, 3.63) is 65.6 Å². The average molecular weight is 422 g/mol. The molecule has 0 bridgehead atoms. The third-order valence-electron chi connectivity index (χ3n) is 5.38. The Labute approximate surface area is 180 Å². The molecule has 1 saturated heterocycles. The predicted molar refractivity (Wildman–Crippen MR) is 112 cm³/mol. The van der Waals surface area contributed by atoms with Crippen molar-refractivity contribution in [3.63, 3.8) is 0 Å². The van der Waals surface area contributed by atoms with Crippen molar-refractivity contribution in [2.45, 2.75) is 51.7 Å². The Hall–Kier alpha value is -3.49. The summed E-state index contributed by atoms with van der Waals surface area (Å²) < 4.78 is 7.08. The molecule has 1 aliphatic rings. The molecule has 31 heavy (non-hydrogen) atoms. The zero-order valence-corrected chi connectivity index (χ0v) is 17.5. The van der Waals surface area contributed by atoms with Crippen LogP contribution in [0.25, 0.3) is 0 Å². The number of aryl methyl sites for hydroxylation is 2. The van der Waals surface area contributed by atoms with E-state index >= 15 is 0 Å². The van der Waals surface area contributed by atoms with Gasteiger partial charge in [0.05, 0.1) is 6.04 Å². The van der Waals surface area contributed by atoms with Gasteiger partial charge in [-0.1, -0.05) is 35.5 Å². The summed E-state index contributed by atoms with van der Waals surface area (Å²) >= 11 is 0. The summed E-state index contributed by atoms with van der Waals surface area (Å²) in [4.78, 5) is 31.2. The SMILES string of the molecule is CCn1ccc(C(=O)N2CCCC2c2noc(CCC(=O)NCc3ccccc3)n2)n1. The average Bonchev–Trinajstić information content (AvgIpc) is 3.56. The summed E-state index contributed by atoms with van der Waals surface area (Å²) in [6.07, 6.45) is 4.06. The first-order valence-corrected chi connectivity index (χ1v) is 10.6. The van der Waals surface area contributed by atoms with Crippen molar-refractivity contribution in [2.24, 2.45) is 0 Å². The molecule has 1 aromatic carbocycles. The minimum atomic E-state index is -0.233. The van der Waals surface area contributed by atoms with E-state index in [2.05, 4.69) is 20.6 Å². The molecule has 2 aromatic heterocycles. The number of hydrogen-bond acceptors (Lipinski definition) is 6. The van der Waals surface area contributed by atoms with Crippen LogP contribution in [0, 0.1) is 0 Å². The van der Waals surface area contributed by atoms with Crippen LogP contribution in [0.15, 0.2) is 47.1 Å². The Morgan fingerprint density at radius 2 is 2.06 bits per heavy atom. The normalized spacial score (nSPS) is 15.9. The van der Waals surface area contributed by atoms with Gasteiger partial charge in [-0.2, -0.15) is 10.1 Å². The highest BCUT2D eigenvalue weighted by Crippen LogP contribution is 2.31. The standard InChI is InChI=1S/C22H26N6O3/c1-2-27-14-12-17(25-27)22(30)28-13-6-9-18(28)21-24-20(31-26-21)11-10-19(29)23-15-16-7-4-3-5-8-16/h3-5,7-8,12,14,18H,2,6,9-11,13,15H2,1H3,(H,23,29). The Morgan fingerprint density at radius 1 is 1.23 bits per heavy atom. The third kappa shape index (κ3) is 4.99. The molecule has 1 atom stereocenters. The number of hydrogen-bond donors (Lipinski definition) is 1. The number of nitrogens with zero attached hydrogens (tertiary/aromatic N) is 5. The molecule has 1 N–H and O–H groups in total.